The molecule has 1 amide bonds. The van der Waals surface area contributed by atoms with Gasteiger partial charge in [-0.1, -0.05) is 19.3 Å². The number of rotatable bonds is 7. The van der Waals surface area contributed by atoms with Crippen LogP contribution in [0.5, 0.6) is 0 Å². The van der Waals surface area contributed by atoms with E-state index in [1.807, 2.05) is 0 Å². The van der Waals surface area contributed by atoms with E-state index in [2.05, 4.69) is 18.7 Å². The zero-order chi connectivity index (χ0) is 13.4. The topological polar surface area (TPSA) is 46.3 Å². The first-order valence-corrected chi connectivity index (χ1v) is 8.41. The third-order valence-electron chi connectivity index (χ3n) is 3.53. The van der Waals surface area contributed by atoms with Gasteiger partial charge in [0.2, 0.25) is 5.91 Å². The van der Waals surface area contributed by atoms with Crippen LogP contribution >= 0.6 is 11.8 Å². The Kier molecular flexibility index (Phi) is 7.75. The molecule has 0 bridgehead atoms. The molecule has 1 aliphatic rings. The summed E-state index contributed by atoms with van der Waals surface area (Å²) in [4.78, 5) is 14.5. The van der Waals surface area contributed by atoms with Crippen molar-refractivity contribution in [3.8, 4) is 0 Å². The summed E-state index contributed by atoms with van der Waals surface area (Å²) >= 11 is 1.72. The molecule has 0 spiro atoms. The largest absolute Gasteiger partial charge is 0.337 e. The van der Waals surface area contributed by atoms with Gasteiger partial charge in [-0.25, -0.2) is 0 Å². The first-order valence-electron chi connectivity index (χ1n) is 7.25. The summed E-state index contributed by atoms with van der Waals surface area (Å²) in [5.74, 6) is 1.94. The lowest BCUT2D eigenvalue weighted by atomic mass is 9.93. The van der Waals surface area contributed by atoms with Gasteiger partial charge in [-0.3, -0.25) is 4.79 Å². The standard InChI is InChI=1S/C14H28N2OS/c1-12(2)16(13-7-4-3-5-8-13)14(17)11-18-10-6-9-15/h12-13H,3-11,15H2,1-2H3. The SMILES string of the molecule is CC(C)N(C(=O)CSCCCN)C1CCCCC1. The molecule has 0 radical (unpaired) electrons. The Morgan fingerprint density at radius 2 is 2.00 bits per heavy atom. The molecule has 1 rings (SSSR count). The summed E-state index contributed by atoms with van der Waals surface area (Å²) in [6, 6.07) is 0.817. The molecule has 0 aromatic rings. The van der Waals surface area contributed by atoms with Gasteiger partial charge in [-0.2, -0.15) is 11.8 Å². The maximum atomic E-state index is 12.3. The minimum atomic E-state index is 0.318. The highest BCUT2D eigenvalue weighted by atomic mass is 32.2. The Labute approximate surface area is 116 Å². The number of hydrogen-bond donors (Lipinski definition) is 1. The average Bonchev–Trinajstić information content (AvgIpc) is 2.36. The number of amides is 1. The quantitative estimate of drug-likeness (QED) is 0.725. The van der Waals surface area contributed by atoms with Crippen LogP contribution in [0.1, 0.15) is 52.4 Å². The minimum Gasteiger partial charge on any atom is -0.337 e. The minimum absolute atomic E-state index is 0.318. The zero-order valence-corrected chi connectivity index (χ0v) is 12.7. The van der Waals surface area contributed by atoms with Crippen molar-refractivity contribution in [2.24, 2.45) is 5.73 Å². The van der Waals surface area contributed by atoms with E-state index in [9.17, 15) is 4.79 Å². The van der Waals surface area contributed by atoms with Crippen LogP contribution in [-0.4, -0.2) is 40.9 Å². The van der Waals surface area contributed by atoms with E-state index in [4.69, 9.17) is 5.73 Å². The molecule has 18 heavy (non-hydrogen) atoms. The van der Waals surface area contributed by atoms with Gasteiger partial charge in [0.05, 0.1) is 5.75 Å². The highest BCUT2D eigenvalue weighted by molar-refractivity contribution is 7.99. The van der Waals surface area contributed by atoms with Crippen LogP contribution in [0, 0.1) is 0 Å². The van der Waals surface area contributed by atoms with Gasteiger partial charge in [-0.15, -0.1) is 0 Å². The van der Waals surface area contributed by atoms with E-state index < -0.39 is 0 Å². The van der Waals surface area contributed by atoms with Crippen LogP contribution in [0.4, 0.5) is 0 Å². The Balaban J connectivity index is 2.42. The lowest BCUT2D eigenvalue weighted by Crippen LogP contribution is -2.46. The van der Waals surface area contributed by atoms with Crippen molar-refractivity contribution in [3.05, 3.63) is 0 Å². The maximum absolute atomic E-state index is 12.3. The molecule has 3 nitrogen and oxygen atoms in total. The van der Waals surface area contributed by atoms with Crippen LogP contribution < -0.4 is 5.73 Å². The van der Waals surface area contributed by atoms with Crippen LogP contribution in [-0.2, 0) is 4.79 Å². The van der Waals surface area contributed by atoms with Crippen molar-refractivity contribution in [1.82, 2.24) is 4.90 Å². The van der Waals surface area contributed by atoms with Gasteiger partial charge in [0.25, 0.3) is 0 Å². The molecular weight excluding hydrogens is 244 g/mol. The first kappa shape index (κ1) is 15.8. The third kappa shape index (κ3) is 5.19. The fourth-order valence-electron chi connectivity index (χ4n) is 2.69. The van der Waals surface area contributed by atoms with E-state index >= 15 is 0 Å². The van der Waals surface area contributed by atoms with Gasteiger partial charge in [0, 0.05) is 12.1 Å². The smallest absolute Gasteiger partial charge is 0.233 e. The van der Waals surface area contributed by atoms with Crippen molar-refractivity contribution < 1.29 is 4.79 Å². The zero-order valence-electron chi connectivity index (χ0n) is 11.9. The molecule has 1 fully saturated rings. The number of nitrogens with zero attached hydrogens (tertiary/aromatic N) is 1. The third-order valence-corrected chi connectivity index (χ3v) is 4.56. The van der Waals surface area contributed by atoms with Crippen molar-refractivity contribution >= 4 is 17.7 Å². The molecule has 2 N–H and O–H groups in total. The fraction of sp³-hybridized carbons (Fsp3) is 0.929. The summed E-state index contributed by atoms with van der Waals surface area (Å²) in [7, 11) is 0. The van der Waals surface area contributed by atoms with Gasteiger partial charge in [0.1, 0.15) is 0 Å². The second-order valence-corrected chi connectivity index (χ2v) is 6.49. The van der Waals surface area contributed by atoms with E-state index in [-0.39, 0.29) is 0 Å². The molecule has 1 aliphatic carbocycles. The second-order valence-electron chi connectivity index (χ2n) is 5.38. The Hall–Kier alpha value is -0.220. The summed E-state index contributed by atoms with van der Waals surface area (Å²) in [5, 5.41) is 0. The fourth-order valence-corrected chi connectivity index (χ4v) is 3.53. The Bertz CT molecular complexity index is 240. The number of carbonyl (C=O) groups is 1. The van der Waals surface area contributed by atoms with E-state index in [0.717, 1.165) is 18.7 Å². The molecule has 0 unspecified atom stereocenters. The monoisotopic (exact) mass is 272 g/mol. The molecule has 0 aromatic heterocycles. The van der Waals surface area contributed by atoms with Gasteiger partial charge >= 0.3 is 0 Å². The predicted molar refractivity (Wildman–Crippen MR) is 79.9 cm³/mol. The summed E-state index contributed by atoms with van der Waals surface area (Å²) in [6.07, 6.45) is 7.28. The van der Waals surface area contributed by atoms with Gasteiger partial charge in [0.15, 0.2) is 0 Å². The van der Waals surface area contributed by atoms with Crippen molar-refractivity contribution in [2.75, 3.05) is 18.1 Å². The lowest BCUT2D eigenvalue weighted by molar-refractivity contribution is -0.133. The summed E-state index contributed by atoms with van der Waals surface area (Å²) < 4.78 is 0. The number of carbonyl (C=O) groups excluding carboxylic acids is 1. The van der Waals surface area contributed by atoms with Gasteiger partial charge < -0.3 is 10.6 Å². The average molecular weight is 272 g/mol. The summed E-state index contributed by atoms with van der Waals surface area (Å²) in [6.45, 7) is 4.99. The number of hydrogen-bond acceptors (Lipinski definition) is 3. The molecule has 1 saturated carbocycles. The molecule has 106 valence electrons. The van der Waals surface area contributed by atoms with E-state index in [1.165, 1.54) is 32.1 Å². The summed E-state index contributed by atoms with van der Waals surface area (Å²) in [5.41, 5.74) is 5.46. The second kappa shape index (κ2) is 8.81. The molecule has 0 aliphatic heterocycles. The van der Waals surface area contributed by atoms with E-state index in [1.54, 1.807) is 11.8 Å². The van der Waals surface area contributed by atoms with Crippen molar-refractivity contribution in [2.45, 2.75) is 64.5 Å². The highest BCUT2D eigenvalue weighted by Crippen LogP contribution is 2.25. The molecule has 0 saturated heterocycles. The number of nitrogens with two attached hydrogens (primary N) is 1. The Morgan fingerprint density at radius 1 is 1.33 bits per heavy atom. The maximum Gasteiger partial charge on any atom is 0.233 e. The predicted octanol–water partition coefficient (Wildman–Crippen LogP) is 2.64. The lowest BCUT2D eigenvalue weighted by Gasteiger charge is -2.37. The number of thioether (sulfide) groups is 1. The van der Waals surface area contributed by atoms with Crippen LogP contribution in [0.15, 0.2) is 0 Å². The van der Waals surface area contributed by atoms with Crippen LogP contribution in [0.3, 0.4) is 0 Å². The molecule has 0 atom stereocenters. The van der Waals surface area contributed by atoms with Crippen LogP contribution in [0.2, 0.25) is 0 Å². The van der Waals surface area contributed by atoms with Crippen LogP contribution in [0.25, 0.3) is 0 Å². The van der Waals surface area contributed by atoms with Gasteiger partial charge in [-0.05, 0) is 45.4 Å². The molecular formula is C14H28N2OS. The van der Waals surface area contributed by atoms with E-state index in [0.29, 0.717) is 23.7 Å². The van der Waals surface area contributed by atoms with Crippen molar-refractivity contribution in [3.63, 3.8) is 0 Å². The van der Waals surface area contributed by atoms with Crippen molar-refractivity contribution in [1.29, 1.82) is 0 Å². The normalized spacial score (nSPS) is 17.1. The molecule has 4 heteroatoms. The highest BCUT2D eigenvalue weighted by Gasteiger charge is 2.26. The first-order chi connectivity index (χ1) is 8.66. The molecule has 0 aromatic carbocycles. The Morgan fingerprint density at radius 3 is 2.56 bits per heavy atom. The molecule has 0 heterocycles.